The van der Waals surface area contributed by atoms with Crippen molar-refractivity contribution in [1.82, 2.24) is 9.80 Å². The van der Waals surface area contributed by atoms with Crippen LogP contribution in [0.25, 0.3) is 6.08 Å². The maximum absolute atomic E-state index is 12.6. The summed E-state index contributed by atoms with van der Waals surface area (Å²) in [6, 6.07) is 17.6. The zero-order valence-corrected chi connectivity index (χ0v) is 19.8. The highest BCUT2D eigenvalue weighted by atomic mass is 32.2. The Kier molecular flexibility index (Phi) is 8.47. The van der Waals surface area contributed by atoms with Gasteiger partial charge in [-0.05, 0) is 31.0 Å². The summed E-state index contributed by atoms with van der Waals surface area (Å²) in [4.78, 5) is 16.9. The summed E-state index contributed by atoms with van der Waals surface area (Å²) in [5, 5.41) is 0. The average Bonchev–Trinajstić information content (AvgIpc) is 2.78. The summed E-state index contributed by atoms with van der Waals surface area (Å²) >= 11 is 0. The molecule has 2 aromatic carbocycles. The molecule has 0 N–H and O–H groups in total. The van der Waals surface area contributed by atoms with E-state index in [1.165, 1.54) is 16.1 Å². The fourth-order valence-corrected chi connectivity index (χ4v) is 4.78. The van der Waals surface area contributed by atoms with Gasteiger partial charge in [0.15, 0.2) is 0 Å². The number of piperazine rings is 1. The second-order valence-corrected chi connectivity index (χ2v) is 10.2. The highest BCUT2D eigenvalue weighted by molar-refractivity contribution is 7.92. The normalized spacial score (nSPS) is 15.2. The maximum Gasteiger partial charge on any atom is 0.232 e. The standard InChI is InChI=1S/C25H33N3O3S/c1-22-12-14-24(15-13-22)28(32(2,30)31)17-7-11-25(29)27-20-18-26(19-21-27)16-6-10-23-8-4-3-5-9-23/h3-6,8-10,12-15H,7,11,16-21H2,1-2H3. The summed E-state index contributed by atoms with van der Waals surface area (Å²) < 4.78 is 25.8. The number of amides is 1. The number of anilines is 1. The molecular weight excluding hydrogens is 422 g/mol. The second kappa shape index (κ2) is 11.3. The third-order valence-electron chi connectivity index (χ3n) is 5.67. The number of rotatable bonds is 9. The summed E-state index contributed by atoms with van der Waals surface area (Å²) in [7, 11) is -3.39. The molecule has 6 nitrogen and oxygen atoms in total. The minimum atomic E-state index is -3.39. The zero-order valence-electron chi connectivity index (χ0n) is 19.0. The Morgan fingerprint density at radius 2 is 1.66 bits per heavy atom. The van der Waals surface area contributed by atoms with Crippen molar-refractivity contribution in [2.24, 2.45) is 0 Å². The molecule has 0 aliphatic carbocycles. The van der Waals surface area contributed by atoms with Crippen LogP contribution in [0.2, 0.25) is 0 Å². The molecule has 0 bridgehead atoms. The lowest BCUT2D eigenvalue weighted by Gasteiger charge is -2.34. The molecule has 3 rings (SSSR count). The Bertz CT molecular complexity index is 996. The Balaban J connectivity index is 1.42. The van der Waals surface area contributed by atoms with Crippen LogP contribution < -0.4 is 4.31 Å². The van der Waals surface area contributed by atoms with E-state index in [2.05, 4.69) is 29.2 Å². The summed E-state index contributed by atoms with van der Waals surface area (Å²) in [5.74, 6) is 0.0989. The predicted molar refractivity (Wildman–Crippen MR) is 131 cm³/mol. The van der Waals surface area contributed by atoms with Crippen molar-refractivity contribution in [1.29, 1.82) is 0 Å². The van der Waals surface area contributed by atoms with E-state index in [0.29, 0.717) is 38.2 Å². The van der Waals surface area contributed by atoms with Gasteiger partial charge in [-0.3, -0.25) is 14.0 Å². The molecule has 0 atom stereocenters. The Labute approximate surface area is 192 Å². The van der Waals surface area contributed by atoms with Crippen molar-refractivity contribution < 1.29 is 13.2 Å². The van der Waals surface area contributed by atoms with Crippen LogP contribution in [0.5, 0.6) is 0 Å². The minimum Gasteiger partial charge on any atom is -0.340 e. The SMILES string of the molecule is Cc1ccc(N(CCCC(=O)N2CCN(CC=Cc3ccccc3)CC2)S(C)(=O)=O)cc1. The minimum absolute atomic E-state index is 0.0989. The smallest absolute Gasteiger partial charge is 0.232 e. The number of hydrogen-bond donors (Lipinski definition) is 0. The molecule has 7 heteroatoms. The Hall–Kier alpha value is -2.64. The van der Waals surface area contributed by atoms with Crippen molar-refractivity contribution in [2.45, 2.75) is 19.8 Å². The van der Waals surface area contributed by atoms with E-state index >= 15 is 0 Å². The molecule has 1 amide bonds. The van der Waals surface area contributed by atoms with E-state index < -0.39 is 10.0 Å². The molecule has 0 radical (unpaired) electrons. The van der Waals surface area contributed by atoms with Crippen molar-refractivity contribution in [3.8, 4) is 0 Å². The van der Waals surface area contributed by atoms with Crippen LogP contribution in [-0.4, -0.2) is 69.6 Å². The van der Waals surface area contributed by atoms with Crippen molar-refractivity contribution in [2.75, 3.05) is 49.8 Å². The number of carbonyl (C=O) groups excluding carboxylic acids is 1. The van der Waals surface area contributed by atoms with Crippen LogP contribution in [-0.2, 0) is 14.8 Å². The predicted octanol–water partition coefficient (Wildman–Crippen LogP) is 3.40. The molecule has 32 heavy (non-hydrogen) atoms. The fourth-order valence-electron chi connectivity index (χ4n) is 3.81. The highest BCUT2D eigenvalue weighted by Crippen LogP contribution is 2.19. The van der Waals surface area contributed by atoms with Gasteiger partial charge in [0.25, 0.3) is 0 Å². The first-order valence-corrected chi connectivity index (χ1v) is 12.9. The lowest BCUT2D eigenvalue weighted by Crippen LogP contribution is -2.48. The highest BCUT2D eigenvalue weighted by Gasteiger charge is 2.22. The lowest BCUT2D eigenvalue weighted by molar-refractivity contribution is -0.132. The number of nitrogens with zero attached hydrogens (tertiary/aromatic N) is 3. The Morgan fingerprint density at radius 3 is 2.28 bits per heavy atom. The molecule has 0 spiro atoms. The number of sulfonamides is 1. The van der Waals surface area contributed by atoms with Crippen molar-refractivity contribution in [3.63, 3.8) is 0 Å². The van der Waals surface area contributed by atoms with Crippen LogP contribution in [0.3, 0.4) is 0 Å². The average molecular weight is 456 g/mol. The van der Waals surface area contributed by atoms with Gasteiger partial charge >= 0.3 is 0 Å². The molecular formula is C25H33N3O3S. The molecule has 1 aliphatic heterocycles. The quantitative estimate of drug-likeness (QED) is 0.582. The summed E-state index contributed by atoms with van der Waals surface area (Å²) in [5.41, 5.74) is 2.91. The van der Waals surface area contributed by atoms with Crippen molar-refractivity contribution >= 4 is 27.7 Å². The van der Waals surface area contributed by atoms with Gasteiger partial charge in [-0.2, -0.15) is 0 Å². The molecule has 172 valence electrons. The topological polar surface area (TPSA) is 60.9 Å². The number of benzene rings is 2. The number of hydrogen-bond acceptors (Lipinski definition) is 4. The molecule has 1 fully saturated rings. The molecule has 1 saturated heterocycles. The van der Waals surface area contributed by atoms with Gasteiger partial charge in [0.05, 0.1) is 11.9 Å². The lowest BCUT2D eigenvalue weighted by atomic mass is 10.2. The van der Waals surface area contributed by atoms with E-state index in [9.17, 15) is 13.2 Å². The fraction of sp³-hybridized carbons (Fsp3) is 0.400. The molecule has 0 aromatic heterocycles. The molecule has 0 unspecified atom stereocenters. The third kappa shape index (κ3) is 7.21. The van der Waals surface area contributed by atoms with Gasteiger partial charge in [-0.25, -0.2) is 8.42 Å². The van der Waals surface area contributed by atoms with Gasteiger partial charge in [0.1, 0.15) is 0 Å². The Morgan fingerprint density at radius 1 is 1.00 bits per heavy atom. The van der Waals surface area contributed by atoms with Gasteiger partial charge in [0, 0.05) is 45.7 Å². The first kappa shape index (κ1) is 24.0. The van der Waals surface area contributed by atoms with Crippen LogP contribution in [0.1, 0.15) is 24.0 Å². The van der Waals surface area contributed by atoms with Crippen LogP contribution >= 0.6 is 0 Å². The first-order chi connectivity index (χ1) is 15.3. The molecule has 1 heterocycles. The third-order valence-corrected chi connectivity index (χ3v) is 6.87. The zero-order chi connectivity index (χ0) is 23.0. The number of aryl methyl sites for hydroxylation is 1. The monoisotopic (exact) mass is 455 g/mol. The molecule has 0 saturated carbocycles. The van der Waals surface area contributed by atoms with Crippen LogP contribution in [0.15, 0.2) is 60.7 Å². The molecule has 2 aromatic rings. The van der Waals surface area contributed by atoms with E-state index in [0.717, 1.165) is 25.2 Å². The van der Waals surface area contributed by atoms with E-state index in [4.69, 9.17) is 0 Å². The largest absolute Gasteiger partial charge is 0.340 e. The summed E-state index contributed by atoms with van der Waals surface area (Å²) in [6.07, 6.45) is 6.35. The van der Waals surface area contributed by atoms with Gasteiger partial charge in [0.2, 0.25) is 15.9 Å². The van der Waals surface area contributed by atoms with E-state index in [-0.39, 0.29) is 5.91 Å². The van der Waals surface area contributed by atoms with Crippen LogP contribution in [0.4, 0.5) is 5.69 Å². The first-order valence-electron chi connectivity index (χ1n) is 11.1. The van der Waals surface area contributed by atoms with E-state index in [1.54, 1.807) is 0 Å². The van der Waals surface area contributed by atoms with Crippen LogP contribution in [0, 0.1) is 6.92 Å². The second-order valence-electron chi connectivity index (χ2n) is 8.27. The maximum atomic E-state index is 12.6. The summed E-state index contributed by atoms with van der Waals surface area (Å²) in [6.45, 7) is 6.27. The van der Waals surface area contributed by atoms with Gasteiger partial charge in [-0.15, -0.1) is 0 Å². The number of carbonyl (C=O) groups is 1. The van der Waals surface area contributed by atoms with Gasteiger partial charge < -0.3 is 4.90 Å². The van der Waals surface area contributed by atoms with Crippen molar-refractivity contribution in [3.05, 3.63) is 71.8 Å². The molecule has 1 aliphatic rings. The van der Waals surface area contributed by atoms with Gasteiger partial charge in [-0.1, -0.05) is 60.2 Å². The van der Waals surface area contributed by atoms with E-state index in [1.807, 2.05) is 54.3 Å².